The summed E-state index contributed by atoms with van der Waals surface area (Å²) < 4.78 is 2.26. The van der Waals surface area contributed by atoms with Crippen LogP contribution in [0, 0.1) is 13.8 Å². The van der Waals surface area contributed by atoms with Crippen molar-refractivity contribution >= 4 is 0 Å². The predicted molar refractivity (Wildman–Crippen MR) is 62.2 cm³/mol. The predicted octanol–water partition coefficient (Wildman–Crippen LogP) is 1.99. The molecule has 1 aromatic rings. The molecule has 0 spiro atoms. The minimum Gasteiger partial charge on any atom is -0.317 e. The Hall–Kier alpha value is -0.830. The normalized spacial score (nSPS) is 18.3. The molecule has 1 saturated heterocycles. The lowest BCUT2D eigenvalue weighted by molar-refractivity contribution is 0.337. The van der Waals surface area contributed by atoms with Crippen LogP contribution in [0.15, 0.2) is 0 Å². The summed E-state index contributed by atoms with van der Waals surface area (Å²) in [4.78, 5) is 0. The largest absolute Gasteiger partial charge is 0.317 e. The van der Waals surface area contributed by atoms with Crippen LogP contribution in [0.2, 0.25) is 0 Å². The van der Waals surface area contributed by atoms with Crippen molar-refractivity contribution in [3.05, 3.63) is 17.0 Å². The maximum Gasteiger partial charge on any atom is 0.0628 e. The number of aromatic nitrogens is 2. The van der Waals surface area contributed by atoms with Crippen molar-refractivity contribution in [2.24, 2.45) is 0 Å². The van der Waals surface area contributed by atoms with Gasteiger partial charge in [-0.05, 0) is 51.8 Å². The number of hydrogen-bond acceptors (Lipinski definition) is 2. The Morgan fingerprint density at radius 1 is 1.33 bits per heavy atom. The quantitative estimate of drug-likeness (QED) is 0.803. The Bertz CT molecular complexity index is 335. The summed E-state index contributed by atoms with van der Waals surface area (Å²) in [5.41, 5.74) is 4.03. The minimum absolute atomic E-state index is 0.616. The van der Waals surface area contributed by atoms with Gasteiger partial charge in [0.2, 0.25) is 0 Å². The summed E-state index contributed by atoms with van der Waals surface area (Å²) in [6.07, 6.45) is 3.53. The number of aryl methyl sites for hydroxylation is 1. The molecule has 1 aromatic heterocycles. The van der Waals surface area contributed by atoms with Gasteiger partial charge in [0.1, 0.15) is 0 Å². The molecule has 1 aliphatic rings. The summed E-state index contributed by atoms with van der Waals surface area (Å²) in [7, 11) is 0. The van der Waals surface area contributed by atoms with Crippen LogP contribution in [0.1, 0.15) is 42.8 Å². The molecule has 1 fully saturated rings. The van der Waals surface area contributed by atoms with Crippen LogP contribution >= 0.6 is 0 Å². The van der Waals surface area contributed by atoms with Crippen molar-refractivity contribution < 1.29 is 0 Å². The van der Waals surface area contributed by atoms with Gasteiger partial charge < -0.3 is 5.32 Å². The van der Waals surface area contributed by atoms with Crippen LogP contribution in [0.25, 0.3) is 0 Å². The van der Waals surface area contributed by atoms with E-state index in [4.69, 9.17) is 5.10 Å². The van der Waals surface area contributed by atoms with E-state index in [2.05, 4.69) is 30.8 Å². The summed E-state index contributed by atoms with van der Waals surface area (Å²) in [6, 6.07) is 0.616. The molecular weight excluding hydrogens is 186 g/mol. The molecule has 1 N–H and O–H groups in total. The fourth-order valence-electron chi connectivity index (χ4n) is 2.62. The Morgan fingerprint density at radius 2 is 2.00 bits per heavy atom. The van der Waals surface area contributed by atoms with Crippen LogP contribution in [-0.4, -0.2) is 22.9 Å². The van der Waals surface area contributed by atoms with Crippen molar-refractivity contribution in [3.8, 4) is 0 Å². The molecule has 3 heteroatoms. The zero-order valence-electron chi connectivity index (χ0n) is 10.0. The van der Waals surface area contributed by atoms with Crippen molar-refractivity contribution in [1.82, 2.24) is 15.1 Å². The van der Waals surface area contributed by atoms with Gasteiger partial charge in [-0.25, -0.2) is 0 Å². The minimum atomic E-state index is 0.616. The van der Waals surface area contributed by atoms with Gasteiger partial charge in [0.05, 0.1) is 11.7 Å². The van der Waals surface area contributed by atoms with Gasteiger partial charge in [-0.1, -0.05) is 6.92 Å². The topological polar surface area (TPSA) is 29.9 Å². The Labute approximate surface area is 91.9 Å². The van der Waals surface area contributed by atoms with E-state index in [1.165, 1.54) is 29.8 Å². The first kappa shape index (κ1) is 10.7. The lowest BCUT2D eigenvalue weighted by atomic mass is 10.1. The molecule has 15 heavy (non-hydrogen) atoms. The molecular formula is C12H21N3. The molecule has 2 heterocycles. The molecule has 0 unspecified atom stereocenters. The number of nitrogens with one attached hydrogen (secondary N) is 1. The van der Waals surface area contributed by atoms with Crippen LogP contribution in [0.5, 0.6) is 0 Å². The van der Waals surface area contributed by atoms with Crippen molar-refractivity contribution in [2.45, 2.75) is 46.1 Å². The summed E-state index contributed by atoms with van der Waals surface area (Å²) in [5, 5.41) is 8.09. The lowest BCUT2D eigenvalue weighted by Gasteiger charge is -2.24. The van der Waals surface area contributed by atoms with Crippen LogP contribution in [-0.2, 0) is 6.42 Å². The van der Waals surface area contributed by atoms with Crippen molar-refractivity contribution in [3.63, 3.8) is 0 Å². The first-order chi connectivity index (χ1) is 7.24. The first-order valence-corrected chi connectivity index (χ1v) is 5.99. The first-order valence-electron chi connectivity index (χ1n) is 5.99. The van der Waals surface area contributed by atoms with Gasteiger partial charge in [-0.2, -0.15) is 5.10 Å². The van der Waals surface area contributed by atoms with E-state index in [0.29, 0.717) is 6.04 Å². The Kier molecular flexibility index (Phi) is 3.10. The highest BCUT2D eigenvalue weighted by Gasteiger charge is 2.19. The highest BCUT2D eigenvalue weighted by atomic mass is 15.3. The SMILES string of the molecule is CCc1c(C)nn(C2CCNCC2)c1C. The zero-order valence-corrected chi connectivity index (χ0v) is 10.0. The lowest BCUT2D eigenvalue weighted by Crippen LogP contribution is -2.30. The molecule has 0 aliphatic carbocycles. The number of piperidine rings is 1. The molecule has 0 aromatic carbocycles. The van der Waals surface area contributed by atoms with Gasteiger partial charge in [0, 0.05) is 5.69 Å². The average Bonchev–Trinajstić information content (AvgIpc) is 2.55. The summed E-state index contributed by atoms with van der Waals surface area (Å²) in [6.45, 7) is 8.81. The van der Waals surface area contributed by atoms with E-state index in [1.54, 1.807) is 0 Å². The summed E-state index contributed by atoms with van der Waals surface area (Å²) in [5.74, 6) is 0. The van der Waals surface area contributed by atoms with Gasteiger partial charge in [-0.3, -0.25) is 4.68 Å². The van der Waals surface area contributed by atoms with E-state index < -0.39 is 0 Å². The highest BCUT2D eigenvalue weighted by molar-refractivity contribution is 5.24. The summed E-state index contributed by atoms with van der Waals surface area (Å²) >= 11 is 0. The van der Waals surface area contributed by atoms with Gasteiger partial charge >= 0.3 is 0 Å². The standard InChI is InChI=1S/C12H21N3/c1-4-12-9(2)14-15(10(12)3)11-5-7-13-8-6-11/h11,13H,4-8H2,1-3H3. The fourth-order valence-corrected chi connectivity index (χ4v) is 2.62. The third-order valence-corrected chi connectivity index (χ3v) is 3.48. The fraction of sp³-hybridized carbons (Fsp3) is 0.750. The third-order valence-electron chi connectivity index (χ3n) is 3.48. The molecule has 1 aliphatic heterocycles. The van der Waals surface area contributed by atoms with E-state index in [-0.39, 0.29) is 0 Å². The zero-order chi connectivity index (χ0) is 10.8. The van der Waals surface area contributed by atoms with E-state index in [0.717, 1.165) is 19.5 Å². The van der Waals surface area contributed by atoms with Crippen molar-refractivity contribution in [1.29, 1.82) is 0 Å². The number of nitrogens with zero attached hydrogens (tertiary/aromatic N) is 2. The van der Waals surface area contributed by atoms with Crippen LogP contribution in [0.3, 0.4) is 0 Å². The molecule has 0 radical (unpaired) electrons. The Balaban J connectivity index is 2.27. The van der Waals surface area contributed by atoms with E-state index in [1.807, 2.05) is 0 Å². The van der Waals surface area contributed by atoms with Crippen LogP contribution in [0.4, 0.5) is 0 Å². The second-order valence-electron chi connectivity index (χ2n) is 4.43. The number of rotatable bonds is 2. The monoisotopic (exact) mass is 207 g/mol. The maximum atomic E-state index is 4.69. The number of hydrogen-bond donors (Lipinski definition) is 1. The molecule has 2 rings (SSSR count). The van der Waals surface area contributed by atoms with Gasteiger partial charge in [-0.15, -0.1) is 0 Å². The van der Waals surface area contributed by atoms with Crippen molar-refractivity contribution in [2.75, 3.05) is 13.1 Å². The molecule has 0 amide bonds. The molecule has 0 saturated carbocycles. The third kappa shape index (κ3) is 1.93. The Morgan fingerprint density at radius 3 is 2.53 bits per heavy atom. The second-order valence-corrected chi connectivity index (χ2v) is 4.43. The van der Waals surface area contributed by atoms with E-state index >= 15 is 0 Å². The smallest absolute Gasteiger partial charge is 0.0628 e. The van der Waals surface area contributed by atoms with E-state index in [9.17, 15) is 0 Å². The van der Waals surface area contributed by atoms with Crippen LogP contribution < -0.4 is 5.32 Å². The second kappa shape index (κ2) is 4.35. The van der Waals surface area contributed by atoms with Gasteiger partial charge in [0.15, 0.2) is 0 Å². The molecule has 3 nitrogen and oxygen atoms in total. The molecule has 84 valence electrons. The molecule has 0 bridgehead atoms. The highest BCUT2D eigenvalue weighted by Crippen LogP contribution is 2.23. The molecule has 0 atom stereocenters. The maximum absolute atomic E-state index is 4.69. The van der Waals surface area contributed by atoms with Gasteiger partial charge in [0.25, 0.3) is 0 Å². The average molecular weight is 207 g/mol.